The predicted molar refractivity (Wildman–Crippen MR) is 117 cm³/mol. The summed E-state index contributed by atoms with van der Waals surface area (Å²) in [6.45, 7) is 0. The number of rotatable bonds is 6. The Morgan fingerprint density at radius 1 is 1.00 bits per heavy atom. The maximum Gasteiger partial charge on any atom is 0.339 e. The topological polar surface area (TPSA) is 96.3 Å². The summed E-state index contributed by atoms with van der Waals surface area (Å²) in [4.78, 5) is 12.5. The predicted octanol–water partition coefficient (Wildman–Crippen LogP) is 4.76. The average Bonchev–Trinajstić information content (AvgIpc) is 2.75. The third-order valence-electron chi connectivity index (χ3n) is 3.90. The van der Waals surface area contributed by atoms with Crippen molar-refractivity contribution in [2.24, 2.45) is 0 Å². The van der Waals surface area contributed by atoms with E-state index in [2.05, 4.69) is 21.2 Å². The number of amides is 1. The van der Waals surface area contributed by atoms with Crippen LogP contribution in [0.1, 0.15) is 5.56 Å². The van der Waals surface area contributed by atoms with Gasteiger partial charge in [0.05, 0.1) is 0 Å². The Morgan fingerprint density at radius 3 is 2.27 bits per heavy atom. The van der Waals surface area contributed by atoms with Crippen LogP contribution < -0.4 is 9.50 Å². The lowest BCUT2D eigenvalue weighted by atomic mass is 10.1. The van der Waals surface area contributed by atoms with Crippen LogP contribution in [0.15, 0.2) is 93.8 Å². The minimum atomic E-state index is -4.09. The van der Waals surface area contributed by atoms with E-state index in [1.54, 1.807) is 60.7 Å². The molecule has 0 radical (unpaired) electrons. The number of carbonyl (C=O) groups excluding carboxylic acids is 1. The Labute approximate surface area is 182 Å². The zero-order chi connectivity index (χ0) is 21.6. The van der Waals surface area contributed by atoms with Crippen LogP contribution in [0.2, 0.25) is 0 Å². The SMILES string of the molecule is N#C/C(=C\c1cc(Br)ccc1OS(=O)(=O)c1ccccc1)C(=O)Nc1ccccc1. The van der Waals surface area contributed by atoms with E-state index in [0.29, 0.717) is 10.2 Å². The fourth-order valence-corrected chi connectivity index (χ4v) is 3.84. The monoisotopic (exact) mass is 482 g/mol. The summed E-state index contributed by atoms with van der Waals surface area (Å²) in [6.07, 6.45) is 1.28. The summed E-state index contributed by atoms with van der Waals surface area (Å²) in [5, 5.41) is 12.1. The van der Waals surface area contributed by atoms with E-state index in [9.17, 15) is 18.5 Å². The molecule has 1 amide bonds. The highest BCUT2D eigenvalue weighted by atomic mass is 79.9. The Morgan fingerprint density at radius 2 is 1.63 bits per heavy atom. The van der Waals surface area contributed by atoms with Crippen LogP contribution in [0.25, 0.3) is 6.08 Å². The molecule has 0 bridgehead atoms. The second-order valence-electron chi connectivity index (χ2n) is 6.02. The van der Waals surface area contributed by atoms with E-state index in [-0.39, 0.29) is 21.8 Å². The molecule has 0 aliphatic rings. The maximum atomic E-state index is 12.6. The highest BCUT2D eigenvalue weighted by Gasteiger charge is 2.19. The summed E-state index contributed by atoms with van der Waals surface area (Å²) in [5.74, 6) is -0.636. The lowest BCUT2D eigenvalue weighted by Gasteiger charge is -2.11. The van der Waals surface area contributed by atoms with Gasteiger partial charge in [-0.1, -0.05) is 52.3 Å². The highest BCUT2D eigenvalue weighted by molar-refractivity contribution is 9.10. The molecule has 0 spiro atoms. The van der Waals surface area contributed by atoms with Crippen LogP contribution >= 0.6 is 15.9 Å². The van der Waals surface area contributed by atoms with Crippen molar-refractivity contribution in [2.45, 2.75) is 4.90 Å². The van der Waals surface area contributed by atoms with Gasteiger partial charge in [0.2, 0.25) is 0 Å². The first-order valence-corrected chi connectivity index (χ1v) is 10.9. The van der Waals surface area contributed by atoms with E-state index < -0.39 is 16.0 Å². The Bertz CT molecular complexity index is 1240. The lowest BCUT2D eigenvalue weighted by Crippen LogP contribution is -2.13. The molecule has 0 saturated heterocycles. The maximum absolute atomic E-state index is 12.6. The summed E-state index contributed by atoms with van der Waals surface area (Å²) >= 11 is 3.31. The van der Waals surface area contributed by atoms with Crippen LogP contribution in [0.5, 0.6) is 5.75 Å². The summed E-state index contributed by atoms with van der Waals surface area (Å²) < 4.78 is 31.0. The zero-order valence-electron chi connectivity index (χ0n) is 15.4. The van der Waals surface area contributed by atoms with Gasteiger partial charge in [-0.15, -0.1) is 0 Å². The van der Waals surface area contributed by atoms with Gasteiger partial charge in [0, 0.05) is 15.7 Å². The molecule has 3 rings (SSSR count). The molecule has 6 nitrogen and oxygen atoms in total. The molecule has 3 aromatic carbocycles. The summed E-state index contributed by atoms with van der Waals surface area (Å²) in [6, 6.07) is 22.8. The van der Waals surface area contributed by atoms with Gasteiger partial charge in [-0.2, -0.15) is 13.7 Å². The van der Waals surface area contributed by atoms with E-state index in [1.165, 1.54) is 24.3 Å². The van der Waals surface area contributed by atoms with E-state index in [0.717, 1.165) is 0 Å². The van der Waals surface area contributed by atoms with Crippen LogP contribution in [0.3, 0.4) is 0 Å². The summed E-state index contributed by atoms with van der Waals surface area (Å²) in [7, 11) is -4.09. The molecule has 3 aromatic rings. The molecule has 8 heteroatoms. The number of para-hydroxylation sites is 1. The minimum absolute atomic E-state index is 0.00910. The third-order valence-corrected chi connectivity index (χ3v) is 5.64. The molecule has 0 fully saturated rings. The van der Waals surface area contributed by atoms with Gasteiger partial charge in [-0.3, -0.25) is 4.79 Å². The lowest BCUT2D eigenvalue weighted by molar-refractivity contribution is -0.112. The molecule has 0 unspecified atom stereocenters. The second kappa shape index (κ2) is 9.39. The third kappa shape index (κ3) is 5.35. The van der Waals surface area contributed by atoms with Gasteiger partial charge in [0.15, 0.2) is 0 Å². The Hall–Kier alpha value is -3.41. The van der Waals surface area contributed by atoms with E-state index >= 15 is 0 Å². The standard InChI is InChI=1S/C22H15BrN2O4S/c23-18-11-12-21(29-30(27,28)20-9-5-2-6-10-20)16(14-18)13-17(15-24)22(26)25-19-7-3-1-4-8-19/h1-14H,(H,25,26)/b17-13+. The zero-order valence-corrected chi connectivity index (χ0v) is 17.9. The number of benzene rings is 3. The largest absolute Gasteiger partial charge is 0.378 e. The fourth-order valence-electron chi connectivity index (χ4n) is 2.49. The van der Waals surface area contributed by atoms with Crippen molar-refractivity contribution < 1.29 is 17.4 Å². The van der Waals surface area contributed by atoms with Crippen LogP contribution in [-0.4, -0.2) is 14.3 Å². The first-order valence-electron chi connectivity index (χ1n) is 8.66. The van der Waals surface area contributed by atoms with E-state index in [4.69, 9.17) is 4.18 Å². The second-order valence-corrected chi connectivity index (χ2v) is 8.48. The van der Waals surface area contributed by atoms with Crippen molar-refractivity contribution in [2.75, 3.05) is 5.32 Å². The molecule has 0 aliphatic carbocycles. The Kier molecular flexibility index (Phi) is 6.67. The fraction of sp³-hybridized carbons (Fsp3) is 0. The van der Waals surface area contributed by atoms with Crippen molar-refractivity contribution in [1.29, 1.82) is 5.26 Å². The number of nitrogens with one attached hydrogen (secondary N) is 1. The first kappa shape index (κ1) is 21.3. The quantitative estimate of drug-likeness (QED) is 0.310. The van der Waals surface area contributed by atoms with Gasteiger partial charge >= 0.3 is 10.1 Å². The molecular formula is C22H15BrN2O4S. The van der Waals surface area contributed by atoms with Crippen molar-refractivity contribution in [3.8, 4) is 11.8 Å². The molecule has 0 saturated carbocycles. The normalized spacial score (nSPS) is 11.4. The van der Waals surface area contributed by atoms with E-state index in [1.807, 2.05) is 6.07 Å². The molecule has 0 aliphatic heterocycles. The molecule has 0 aromatic heterocycles. The number of anilines is 1. The molecule has 30 heavy (non-hydrogen) atoms. The van der Waals surface area contributed by atoms with Crippen molar-refractivity contribution in [1.82, 2.24) is 0 Å². The van der Waals surface area contributed by atoms with Gasteiger partial charge in [-0.05, 0) is 48.5 Å². The molecule has 150 valence electrons. The molecule has 1 N–H and O–H groups in total. The number of halogens is 1. The number of nitrogens with zero attached hydrogens (tertiary/aromatic N) is 1. The van der Waals surface area contributed by atoms with Crippen LogP contribution in [-0.2, 0) is 14.9 Å². The van der Waals surface area contributed by atoms with Crippen LogP contribution in [0, 0.1) is 11.3 Å². The minimum Gasteiger partial charge on any atom is -0.378 e. The van der Waals surface area contributed by atoms with Crippen molar-refractivity contribution in [3.05, 3.63) is 94.5 Å². The number of nitriles is 1. The smallest absolute Gasteiger partial charge is 0.339 e. The van der Waals surface area contributed by atoms with Crippen molar-refractivity contribution in [3.63, 3.8) is 0 Å². The van der Waals surface area contributed by atoms with Gasteiger partial charge < -0.3 is 9.50 Å². The number of hydrogen-bond acceptors (Lipinski definition) is 5. The molecule has 0 heterocycles. The van der Waals surface area contributed by atoms with Gasteiger partial charge in [0.1, 0.15) is 22.3 Å². The summed E-state index contributed by atoms with van der Waals surface area (Å²) in [5.41, 5.74) is 0.573. The number of carbonyl (C=O) groups is 1. The number of hydrogen-bond donors (Lipinski definition) is 1. The van der Waals surface area contributed by atoms with Crippen molar-refractivity contribution >= 4 is 43.7 Å². The first-order chi connectivity index (χ1) is 14.4. The van der Waals surface area contributed by atoms with Gasteiger partial charge in [0.25, 0.3) is 5.91 Å². The molecular weight excluding hydrogens is 468 g/mol. The van der Waals surface area contributed by atoms with Crippen LogP contribution in [0.4, 0.5) is 5.69 Å². The highest BCUT2D eigenvalue weighted by Crippen LogP contribution is 2.28. The molecule has 0 atom stereocenters. The Balaban J connectivity index is 1.94. The average molecular weight is 483 g/mol. The van der Waals surface area contributed by atoms with Gasteiger partial charge in [-0.25, -0.2) is 0 Å².